The molecule has 2 rings (SSSR count). The van der Waals surface area contributed by atoms with Crippen molar-refractivity contribution in [2.45, 2.75) is 13.5 Å². The van der Waals surface area contributed by atoms with Gasteiger partial charge in [-0.05, 0) is 40.5 Å². The maximum Gasteiger partial charge on any atom is 0.340 e. The molecule has 0 aromatic heterocycles. The standard InChI is InChI=1S/C15H13BrFNO2/c1-9-4-2-6-11(14(9)18)15(19)20-8-10-5-3-7-12(17)13(10)16/h2-7H,8,18H2,1H3. The fourth-order valence-electron chi connectivity index (χ4n) is 1.74. The first-order valence-electron chi connectivity index (χ1n) is 5.96. The lowest BCUT2D eigenvalue weighted by atomic mass is 10.1. The zero-order chi connectivity index (χ0) is 14.7. The van der Waals surface area contributed by atoms with Crippen LogP contribution < -0.4 is 5.73 Å². The van der Waals surface area contributed by atoms with Gasteiger partial charge in [-0.15, -0.1) is 0 Å². The van der Waals surface area contributed by atoms with Gasteiger partial charge in [-0.1, -0.05) is 24.3 Å². The Bertz CT molecular complexity index is 658. The Morgan fingerprint density at radius 1 is 1.30 bits per heavy atom. The van der Waals surface area contributed by atoms with Crippen LogP contribution in [0.1, 0.15) is 21.5 Å². The minimum Gasteiger partial charge on any atom is -0.457 e. The summed E-state index contributed by atoms with van der Waals surface area (Å²) in [5, 5.41) is 0. The zero-order valence-corrected chi connectivity index (χ0v) is 12.4. The smallest absolute Gasteiger partial charge is 0.340 e. The molecule has 0 bridgehead atoms. The number of carbonyl (C=O) groups excluding carboxylic acids is 1. The van der Waals surface area contributed by atoms with E-state index in [9.17, 15) is 9.18 Å². The zero-order valence-electron chi connectivity index (χ0n) is 10.8. The molecule has 0 spiro atoms. The van der Waals surface area contributed by atoms with Crippen molar-refractivity contribution >= 4 is 27.6 Å². The normalized spacial score (nSPS) is 10.3. The quantitative estimate of drug-likeness (QED) is 0.683. The van der Waals surface area contributed by atoms with Crippen LogP contribution in [-0.2, 0) is 11.3 Å². The van der Waals surface area contributed by atoms with E-state index in [4.69, 9.17) is 10.5 Å². The highest BCUT2D eigenvalue weighted by Gasteiger charge is 2.13. The summed E-state index contributed by atoms with van der Waals surface area (Å²) >= 11 is 3.12. The van der Waals surface area contributed by atoms with E-state index < -0.39 is 11.8 Å². The third-order valence-corrected chi connectivity index (χ3v) is 3.82. The number of ether oxygens (including phenoxy) is 1. The molecule has 0 unspecified atom stereocenters. The van der Waals surface area contributed by atoms with Crippen LogP contribution in [0.3, 0.4) is 0 Å². The molecular formula is C15H13BrFNO2. The van der Waals surface area contributed by atoms with Gasteiger partial charge in [-0.2, -0.15) is 0 Å². The van der Waals surface area contributed by atoms with Crippen molar-refractivity contribution in [2.24, 2.45) is 0 Å². The lowest BCUT2D eigenvalue weighted by molar-refractivity contribution is 0.0472. The molecule has 0 atom stereocenters. The van der Waals surface area contributed by atoms with Gasteiger partial charge >= 0.3 is 5.97 Å². The highest BCUT2D eigenvalue weighted by atomic mass is 79.9. The van der Waals surface area contributed by atoms with Gasteiger partial charge in [0.25, 0.3) is 0 Å². The van der Waals surface area contributed by atoms with Crippen molar-refractivity contribution < 1.29 is 13.9 Å². The topological polar surface area (TPSA) is 52.3 Å². The number of anilines is 1. The number of hydrogen-bond donors (Lipinski definition) is 1. The molecular weight excluding hydrogens is 325 g/mol. The molecule has 0 aliphatic rings. The molecule has 0 heterocycles. The molecule has 0 saturated carbocycles. The second-order valence-corrected chi connectivity index (χ2v) is 5.12. The molecule has 2 aromatic carbocycles. The van der Waals surface area contributed by atoms with Crippen LogP contribution in [0.25, 0.3) is 0 Å². The summed E-state index contributed by atoms with van der Waals surface area (Å²) in [5.41, 5.74) is 7.92. The van der Waals surface area contributed by atoms with E-state index in [1.54, 1.807) is 24.3 Å². The molecule has 2 N–H and O–H groups in total. The van der Waals surface area contributed by atoms with Crippen molar-refractivity contribution in [3.05, 3.63) is 63.4 Å². The van der Waals surface area contributed by atoms with E-state index in [1.165, 1.54) is 6.07 Å². The molecule has 5 heteroatoms. The third-order valence-electron chi connectivity index (χ3n) is 2.93. The van der Waals surface area contributed by atoms with Crippen LogP contribution >= 0.6 is 15.9 Å². The van der Waals surface area contributed by atoms with Gasteiger partial charge in [0.05, 0.1) is 10.0 Å². The molecule has 0 amide bonds. The summed E-state index contributed by atoms with van der Waals surface area (Å²) in [4.78, 5) is 12.0. The second kappa shape index (κ2) is 6.05. The molecule has 0 fully saturated rings. The van der Waals surface area contributed by atoms with Gasteiger partial charge in [-0.25, -0.2) is 9.18 Å². The molecule has 0 aliphatic carbocycles. The summed E-state index contributed by atoms with van der Waals surface area (Å²) in [6.45, 7) is 1.79. The summed E-state index contributed by atoms with van der Waals surface area (Å²) in [5.74, 6) is -0.920. The van der Waals surface area contributed by atoms with Crippen LogP contribution in [-0.4, -0.2) is 5.97 Å². The number of nitrogens with two attached hydrogens (primary N) is 1. The van der Waals surface area contributed by atoms with Gasteiger partial charge in [0, 0.05) is 11.3 Å². The Morgan fingerprint density at radius 3 is 2.75 bits per heavy atom. The van der Waals surface area contributed by atoms with Gasteiger partial charge < -0.3 is 10.5 Å². The average Bonchev–Trinajstić information content (AvgIpc) is 2.43. The number of halogens is 2. The van der Waals surface area contributed by atoms with E-state index in [0.717, 1.165) is 5.56 Å². The van der Waals surface area contributed by atoms with Crippen LogP contribution in [0.5, 0.6) is 0 Å². The Hall–Kier alpha value is -1.88. The van der Waals surface area contributed by atoms with Gasteiger partial charge in [0.2, 0.25) is 0 Å². The number of aryl methyl sites for hydroxylation is 1. The first kappa shape index (κ1) is 14.5. The summed E-state index contributed by atoms with van der Waals surface area (Å²) in [6, 6.07) is 9.72. The number of nitrogen functional groups attached to an aromatic ring is 1. The van der Waals surface area contributed by atoms with Gasteiger partial charge in [-0.3, -0.25) is 0 Å². The van der Waals surface area contributed by atoms with Crippen LogP contribution in [0, 0.1) is 12.7 Å². The number of carbonyl (C=O) groups is 1. The Morgan fingerprint density at radius 2 is 2.00 bits per heavy atom. The largest absolute Gasteiger partial charge is 0.457 e. The Balaban J connectivity index is 2.13. The molecule has 3 nitrogen and oxygen atoms in total. The molecule has 0 aliphatic heterocycles. The van der Waals surface area contributed by atoms with E-state index in [2.05, 4.69) is 15.9 Å². The molecule has 0 radical (unpaired) electrons. The van der Waals surface area contributed by atoms with E-state index in [-0.39, 0.29) is 6.61 Å². The predicted molar refractivity (Wildman–Crippen MR) is 78.8 cm³/mol. The molecule has 104 valence electrons. The highest BCUT2D eigenvalue weighted by Crippen LogP contribution is 2.22. The summed E-state index contributed by atoms with van der Waals surface area (Å²) in [7, 11) is 0. The first-order valence-corrected chi connectivity index (χ1v) is 6.75. The van der Waals surface area contributed by atoms with Crippen molar-refractivity contribution in [2.75, 3.05) is 5.73 Å². The number of rotatable bonds is 3. The highest BCUT2D eigenvalue weighted by molar-refractivity contribution is 9.10. The minimum absolute atomic E-state index is 0.0233. The third kappa shape index (κ3) is 2.99. The predicted octanol–water partition coefficient (Wildman–Crippen LogP) is 3.84. The summed E-state index contributed by atoms with van der Waals surface area (Å²) < 4.78 is 18.8. The van der Waals surface area contributed by atoms with Crippen molar-refractivity contribution in [1.29, 1.82) is 0 Å². The maximum absolute atomic E-state index is 13.3. The van der Waals surface area contributed by atoms with Crippen LogP contribution in [0.15, 0.2) is 40.9 Å². The molecule has 20 heavy (non-hydrogen) atoms. The minimum atomic E-state index is -0.526. The van der Waals surface area contributed by atoms with Crippen molar-refractivity contribution in [3.8, 4) is 0 Å². The van der Waals surface area contributed by atoms with Gasteiger partial charge in [0.1, 0.15) is 12.4 Å². The van der Waals surface area contributed by atoms with Crippen molar-refractivity contribution in [3.63, 3.8) is 0 Å². The lowest BCUT2D eigenvalue weighted by Crippen LogP contribution is -2.09. The first-order chi connectivity index (χ1) is 9.50. The fourth-order valence-corrected chi connectivity index (χ4v) is 2.12. The SMILES string of the molecule is Cc1cccc(C(=O)OCc2cccc(F)c2Br)c1N. The number of para-hydroxylation sites is 1. The van der Waals surface area contributed by atoms with Crippen LogP contribution in [0.2, 0.25) is 0 Å². The van der Waals surface area contributed by atoms with Gasteiger partial charge in [0.15, 0.2) is 0 Å². The monoisotopic (exact) mass is 337 g/mol. The van der Waals surface area contributed by atoms with Crippen molar-refractivity contribution in [1.82, 2.24) is 0 Å². The number of esters is 1. The maximum atomic E-state index is 13.3. The fraction of sp³-hybridized carbons (Fsp3) is 0.133. The van der Waals surface area contributed by atoms with E-state index in [1.807, 2.05) is 13.0 Å². The van der Waals surface area contributed by atoms with E-state index in [0.29, 0.717) is 21.3 Å². The summed E-state index contributed by atoms with van der Waals surface area (Å²) in [6.07, 6.45) is 0. The Labute approximate surface area is 124 Å². The van der Waals surface area contributed by atoms with Crippen LogP contribution in [0.4, 0.5) is 10.1 Å². The number of benzene rings is 2. The lowest BCUT2D eigenvalue weighted by Gasteiger charge is -2.10. The average molecular weight is 338 g/mol. The Kier molecular flexibility index (Phi) is 4.39. The second-order valence-electron chi connectivity index (χ2n) is 4.33. The van der Waals surface area contributed by atoms with E-state index >= 15 is 0 Å². The number of hydrogen-bond acceptors (Lipinski definition) is 3. The molecule has 0 saturated heterocycles. The molecule has 2 aromatic rings.